The molecule has 1 aliphatic carbocycles. The van der Waals surface area contributed by atoms with Crippen molar-refractivity contribution in [2.45, 2.75) is 24.6 Å². The topological polar surface area (TPSA) is 40.6 Å². The van der Waals surface area contributed by atoms with Gasteiger partial charge in [-0.25, -0.2) is 8.42 Å². The molecule has 0 bridgehead atoms. The first-order valence-corrected chi connectivity index (χ1v) is 9.00. The van der Waals surface area contributed by atoms with Gasteiger partial charge in [-0.2, -0.15) is 4.31 Å². The van der Waals surface area contributed by atoms with Crippen LogP contribution in [0.3, 0.4) is 0 Å². The molecule has 4 nitrogen and oxygen atoms in total. The molecule has 20 heavy (non-hydrogen) atoms. The second-order valence-corrected chi connectivity index (χ2v) is 7.89. The Hall–Kier alpha value is -0.620. The molecule has 0 aromatic heterocycles. The quantitative estimate of drug-likeness (QED) is 0.853. The van der Waals surface area contributed by atoms with Crippen molar-refractivity contribution in [1.82, 2.24) is 9.21 Å². The normalized spacial score (nSPS) is 22.1. The molecule has 2 aliphatic rings. The van der Waals surface area contributed by atoms with Gasteiger partial charge in [0.05, 0.1) is 5.75 Å². The number of rotatable bonds is 4. The fourth-order valence-electron chi connectivity index (χ4n) is 2.69. The van der Waals surface area contributed by atoms with Crippen molar-refractivity contribution in [1.29, 1.82) is 0 Å². The van der Waals surface area contributed by atoms with Crippen molar-refractivity contribution >= 4 is 21.6 Å². The first-order chi connectivity index (χ1) is 9.56. The lowest BCUT2D eigenvalue weighted by Gasteiger charge is -2.34. The van der Waals surface area contributed by atoms with Crippen LogP contribution in [0.4, 0.5) is 0 Å². The molecule has 1 heterocycles. The van der Waals surface area contributed by atoms with E-state index in [1.165, 1.54) is 12.8 Å². The van der Waals surface area contributed by atoms with Crippen LogP contribution in [-0.2, 0) is 15.8 Å². The molecule has 1 saturated heterocycles. The standard InChI is InChI=1S/C14H19ClN2O2S/c15-14-4-2-1-3-12(14)11-20(18,19)17-9-7-16(8-10-17)13-5-6-13/h1-4,13H,5-11H2. The van der Waals surface area contributed by atoms with Crippen molar-refractivity contribution in [3.05, 3.63) is 34.9 Å². The molecule has 6 heteroatoms. The van der Waals surface area contributed by atoms with E-state index < -0.39 is 10.0 Å². The lowest BCUT2D eigenvalue weighted by molar-refractivity contribution is 0.180. The highest BCUT2D eigenvalue weighted by molar-refractivity contribution is 7.88. The minimum Gasteiger partial charge on any atom is -0.298 e. The molecule has 0 N–H and O–H groups in total. The van der Waals surface area contributed by atoms with Crippen LogP contribution in [0.15, 0.2) is 24.3 Å². The van der Waals surface area contributed by atoms with E-state index >= 15 is 0 Å². The van der Waals surface area contributed by atoms with E-state index in [0.717, 1.165) is 13.1 Å². The summed E-state index contributed by atoms with van der Waals surface area (Å²) in [6.07, 6.45) is 2.54. The summed E-state index contributed by atoms with van der Waals surface area (Å²) in [5, 5.41) is 0.521. The molecule has 0 amide bonds. The summed E-state index contributed by atoms with van der Waals surface area (Å²) in [6.45, 7) is 2.91. The highest BCUT2D eigenvalue weighted by atomic mass is 35.5. The van der Waals surface area contributed by atoms with E-state index in [2.05, 4.69) is 4.90 Å². The Bertz CT molecular complexity index is 579. The van der Waals surface area contributed by atoms with Crippen LogP contribution in [0, 0.1) is 0 Å². The van der Waals surface area contributed by atoms with Crippen molar-refractivity contribution in [2.75, 3.05) is 26.2 Å². The summed E-state index contributed by atoms with van der Waals surface area (Å²) in [4.78, 5) is 2.40. The van der Waals surface area contributed by atoms with Gasteiger partial charge in [0.2, 0.25) is 10.0 Å². The van der Waals surface area contributed by atoms with Gasteiger partial charge in [-0.05, 0) is 24.5 Å². The number of sulfonamides is 1. The molecule has 0 radical (unpaired) electrons. The maximum Gasteiger partial charge on any atom is 0.218 e. The summed E-state index contributed by atoms with van der Waals surface area (Å²) in [7, 11) is -3.27. The number of benzene rings is 1. The predicted molar refractivity (Wildman–Crippen MR) is 80.2 cm³/mol. The largest absolute Gasteiger partial charge is 0.298 e. The van der Waals surface area contributed by atoms with Crippen LogP contribution in [0.5, 0.6) is 0 Å². The van der Waals surface area contributed by atoms with Gasteiger partial charge in [-0.1, -0.05) is 29.8 Å². The molecular formula is C14H19ClN2O2S. The Morgan fingerprint density at radius 1 is 1.10 bits per heavy atom. The average Bonchev–Trinajstić information content (AvgIpc) is 3.26. The van der Waals surface area contributed by atoms with Gasteiger partial charge in [-0.3, -0.25) is 4.90 Å². The number of hydrogen-bond donors (Lipinski definition) is 0. The van der Waals surface area contributed by atoms with E-state index in [0.29, 0.717) is 29.7 Å². The lowest BCUT2D eigenvalue weighted by atomic mass is 10.2. The minimum absolute atomic E-state index is 0.00387. The summed E-state index contributed by atoms with van der Waals surface area (Å²) in [5.74, 6) is -0.00387. The highest BCUT2D eigenvalue weighted by Gasteiger charge is 2.34. The van der Waals surface area contributed by atoms with E-state index in [-0.39, 0.29) is 5.75 Å². The van der Waals surface area contributed by atoms with Gasteiger partial charge in [0.1, 0.15) is 0 Å². The number of nitrogens with zero attached hydrogens (tertiary/aromatic N) is 2. The fourth-order valence-corrected chi connectivity index (χ4v) is 4.52. The van der Waals surface area contributed by atoms with E-state index in [9.17, 15) is 8.42 Å². The summed E-state index contributed by atoms with van der Waals surface area (Å²) in [5.41, 5.74) is 0.679. The zero-order valence-electron chi connectivity index (χ0n) is 11.3. The SMILES string of the molecule is O=S(=O)(Cc1ccccc1Cl)N1CCN(C2CC2)CC1. The molecule has 3 rings (SSSR count). The molecule has 0 spiro atoms. The molecule has 110 valence electrons. The van der Waals surface area contributed by atoms with E-state index in [4.69, 9.17) is 11.6 Å². The second kappa shape index (κ2) is 5.64. The summed E-state index contributed by atoms with van der Waals surface area (Å²) in [6, 6.07) is 7.86. The Balaban J connectivity index is 1.65. The minimum atomic E-state index is -3.27. The Kier molecular flexibility index (Phi) is 4.04. The van der Waals surface area contributed by atoms with Crippen LogP contribution in [0.2, 0.25) is 5.02 Å². The first kappa shape index (κ1) is 14.3. The highest BCUT2D eigenvalue weighted by Crippen LogP contribution is 2.28. The Morgan fingerprint density at radius 3 is 2.35 bits per heavy atom. The summed E-state index contributed by atoms with van der Waals surface area (Å²) >= 11 is 6.05. The van der Waals surface area contributed by atoms with Crippen LogP contribution < -0.4 is 0 Å². The van der Waals surface area contributed by atoms with Crippen molar-refractivity contribution < 1.29 is 8.42 Å². The zero-order valence-corrected chi connectivity index (χ0v) is 12.9. The maximum absolute atomic E-state index is 12.4. The number of piperazine rings is 1. The molecule has 1 aromatic carbocycles. The maximum atomic E-state index is 12.4. The van der Waals surface area contributed by atoms with Crippen LogP contribution in [0.1, 0.15) is 18.4 Å². The van der Waals surface area contributed by atoms with Crippen molar-refractivity contribution in [2.24, 2.45) is 0 Å². The van der Waals surface area contributed by atoms with Crippen molar-refractivity contribution in [3.8, 4) is 0 Å². The van der Waals surface area contributed by atoms with Crippen LogP contribution in [0.25, 0.3) is 0 Å². The smallest absolute Gasteiger partial charge is 0.218 e. The van der Waals surface area contributed by atoms with E-state index in [1.807, 2.05) is 12.1 Å². The van der Waals surface area contributed by atoms with E-state index in [1.54, 1.807) is 16.4 Å². The molecular weight excluding hydrogens is 296 g/mol. The van der Waals surface area contributed by atoms with Gasteiger partial charge in [0, 0.05) is 37.2 Å². The van der Waals surface area contributed by atoms with Crippen LogP contribution in [-0.4, -0.2) is 49.8 Å². The van der Waals surface area contributed by atoms with Crippen LogP contribution >= 0.6 is 11.6 Å². The molecule has 2 fully saturated rings. The van der Waals surface area contributed by atoms with Gasteiger partial charge in [-0.15, -0.1) is 0 Å². The second-order valence-electron chi connectivity index (χ2n) is 5.51. The van der Waals surface area contributed by atoms with Crippen molar-refractivity contribution in [3.63, 3.8) is 0 Å². The first-order valence-electron chi connectivity index (χ1n) is 7.01. The zero-order chi connectivity index (χ0) is 14.2. The fraction of sp³-hybridized carbons (Fsp3) is 0.571. The average molecular weight is 315 g/mol. The molecule has 1 aliphatic heterocycles. The third-order valence-electron chi connectivity index (χ3n) is 4.03. The number of hydrogen-bond acceptors (Lipinski definition) is 3. The lowest BCUT2D eigenvalue weighted by Crippen LogP contribution is -2.49. The monoisotopic (exact) mass is 314 g/mol. The third kappa shape index (κ3) is 3.17. The van der Waals surface area contributed by atoms with Gasteiger partial charge in [0.25, 0.3) is 0 Å². The Morgan fingerprint density at radius 2 is 1.75 bits per heavy atom. The molecule has 1 aromatic rings. The van der Waals surface area contributed by atoms with Gasteiger partial charge < -0.3 is 0 Å². The third-order valence-corrected chi connectivity index (χ3v) is 6.22. The summed E-state index contributed by atoms with van der Waals surface area (Å²) < 4.78 is 26.5. The van der Waals surface area contributed by atoms with Gasteiger partial charge in [0.15, 0.2) is 0 Å². The van der Waals surface area contributed by atoms with Gasteiger partial charge >= 0.3 is 0 Å². The predicted octanol–water partition coefficient (Wildman–Crippen LogP) is 1.95. The molecule has 1 saturated carbocycles. The molecule has 0 unspecified atom stereocenters. The number of halogens is 1. The Labute approximate surface area is 125 Å². The molecule has 0 atom stereocenters.